The van der Waals surface area contributed by atoms with Crippen molar-refractivity contribution in [2.75, 3.05) is 12.4 Å². The molecule has 1 aliphatic rings. The Morgan fingerprint density at radius 1 is 1.33 bits per heavy atom. The number of aromatic nitrogens is 3. The van der Waals surface area contributed by atoms with Crippen molar-refractivity contribution < 1.29 is 22.7 Å². The van der Waals surface area contributed by atoms with Crippen LogP contribution in [0, 0.1) is 0 Å². The number of methoxy groups -OCH3 is 1. The predicted octanol–water partition coefficient (Wildman–Crippen LogP) is 2.76. The van der Waals surface area contributed by atoms with Crippen molar-refractivity contribution in [1.82, 2.24) is 14.8 Å². The summed E-state index contributed by atoms with van der Waals surface area (Å²) >= 11 is 0. The average molecular weight is 338 g/mol. The lowest BCUT2D eigenvalue weighted by Gasteiger charge is -2.29. The van der Waals surface area contributed by atoms with Crippen LogP contribution < -0.4 is 5.32 Å². The molecule has 2 aromatic rings. The number of halogens is 3. The number of hydrogen-bond acceptors (Lipinski definition) is 5. The Morgan fingerprint density at radius 2 is 2.04 bits per heavy atom. The summed E-state index contributed by atoms with van der Waals surface area (Å²) in [4.78, 5) is 16.2. The lowest BCUT2D eigenvalue weighted by Crippen LogP contribution is -2.30. The molecule has 0 fully saturated rings. The molecule has 0 unspecified atom stereocenters. The van der Waals surface area contributed by atoms with Gasteiger partial charge in [0.2, 0.25) is 5.95 Å². The maximum Gasteiger partial charge on any atom is 0.416 e. The highest BCUT2D eigenvalue weighted by atomic mass is 19.4. The molecule has 1 aliphatic heterocycles. The first-order valence-electron chi connectivity index (χ1n) is 6.96. The summed E-state index contributed by atoms with van der Waals surface area (Å²) in [6.07, 6.45) is -3.36. The van der Waals surface area contributed by atoms with Crippen molar-refractivity contribution in [3.63, 3.8) is 0 Å². The fourth-order valence-corrected chi connectivity index (χ4v) is 2.75. The summed E-state index contributed by atoms with van der Waals surface area (Å²) < 4.78 is 46.2. The predicted molar refractivity (Wildman–Crippen MR) is 77.9 cm³/mol. The summed E-state index contributed by atoms with van der Waals surface area (Å²) in [6, 6.07) is 3.98. The molecule has 0 saturated carbocycles. The van der Waals surface area contributed by atoms with Gasteiger partial charge in [-0.15, -0.1) is 0 Å². The van der Waals surface area contributed by atoms with E-state index in [0.717, 1.165) is 6.07 Å². The van der Waals surface area contributed by atoms with Gasteiger partial charge in [0, 0.05) is 5.70 Å². The van der Waals surface area contributed by atoms with E-state index in [1.807, 2.05) is 0 Å². The molecule has 0 amide bonds. The second kappa shape index (κ2) is 5.66. The number of carbonyl (C=O) groups is 1. The molecule has 126 valence electrons. The number of ether oxygens (including phenoxy) is 1. The molecule has 1 N–H and O–H groups in total. The number of allylic oxidation sites excluding steroid dienone is 1. The highest BCUT2D eigenvalue weighted by molar-refractivity contribution is 5.92. The monoisotopic (exact) mass is 338 g/mol. The molecule has 0 bridgehead atoms. The van der Waals surface area contributed by atoms with Gasteiger partial charge in [-0.3, -0.25) is 0 Å². The fourth-order valence-electron chi connectivity index (χ4n) is 2.75. The van der Waals surface area contributed by atoms with Crippen LogP contribution in [0.1, 0.15) is 24.1 Å². The summed E-state index contributed by atoms with van der Waals surface area (Å²) in [6.45, 7) is 1.58. The van der Waals surface area contributed by atoms with Crippen molar-refractivity contribution in [3.8, 4) is 0 Å². The molecular weight excluding hydrogens is 325 g/mol. The summed E-state index contributed by atoms with van der Waals surface area (Å²) in [5.41, 5.74) is -0.526. The Hall–Kier alpha value is -2.84. The first-order valence-corrected chi connectivity index (χ1v) is 6.96. The molecule has 1 atom stereocenters. The van der Waals surface area contributed by atoms with Gasteiger partial charge in [-0.05, 0) is 18.6 Å². The topological polar surface area (TPSA) is 69.0 Å². The van der Waals surface area contributed by atoms with E-state index in [1.165, 1.54) is 36.3 Å². The van der Waals surface area contributed by atoms with Crippen molar-refractivity contribution in [3.05, 3.63) is 53.0 Å². The van der Waals surface area contributed by atoms with Gasteiger partial charge in [-0.2, -0.15) is 23.3 Å². The first-order chi connectivity index (χ1) is 11.3. The van der Waals surface area contributed by atoms with Gasteiger partial charge in [0.25, 0.3) is 0 Å². The third-order valence-corrected chi connectivity index (χ3v) is 3.76. The van der Waals surface area contributed by atoms with Crippen molar-refractivity contribution in [2.24, 2.45) is 0 Å². The lowest BCUT2D eigenvalue weighted by atomic mass is 9.92. The Morgan fingerprint density at radius 3 is 2.71 bits per heavy atom. The third kappa shape index (κ3) is 2.51. The van der Waals surface area contributed by atoms with Crippen molar-refractivity contribution in [1.29, 1.82) is 0 Å². The molecule has 2 heterocycles. The first kappa shape index (κ1) is 16.0. The maximum atomic E-state index is 13.4. The van der Waals surface area contributed by atoms with Gasteiger partial charge in [0.05, 0.1) is 18.2 Å². The number of esters is 1. The number of anilines is 1. The quantitative estimate of drug-likeness (QED) is 0.853. The van der Waals surface area contributed by atoms with E-state index in [0.29, 0.717) is 5.70 Å². The second-order valence-electron chi connectivity index (χ2n) is 5.17. The van der Waals surface area contributed by atoms with Crippen LogP contribution in [0.2, 0.25) is 0 Å². The van der Waals surface area contributed by atoms with Crippen LogP contribution >= 0.6 is 0 Å². The largest absolute Gasteiger partial charge is 0.466 e. The molecule has 0 spiro atoms. The summed E-state index contributed by atoms with van der Waals surface area (Å²) in [5.74, 6) is -0.481. The van der Waals surface area contributed by atoms with E-state index in [9.17, 15) is 18.0 Å². The number of nitrogens with zero attached hydrogens (tertiary/aromatic N) is 3. The molecular formula is C15H13F3N4O2. The van der Waals surface area contributed by atoms with Crippen molar-refractivity contribution >= 4 is 11.9 Å². The van der Waals surface area contributed by atoms with Crippen LogP contribution in [0.4, 0.5) is 19.1 Å². The van der Waals surface area contributed by atoms with Gasteiger partial charge in [0.15, 0.2) is 0 Å². The molecule has 0 saturated heterocycles. The van der Waals surface area contributed by atoms with Gasteiger partial charge in [-0.1, -0.05) is 18.2 Å². The van der Waals surface area contributed by atoms with Crippen LogP contribution in [-0.2, 0) is 15.7 Å². The van der Waals surface area contributed by atoms with Crippen molar-refractivity contribution in [2.45, 2.75) is 19.1 Å². The summed E-state index contributed by atoms with van der Waals surface area (Å²) in [7, 11) is 1.17. The van der Waals surface area contributed by atoms with E-state index in [4.69, 9.17) is 4.74 Å². The zero-order valence-corrected chi connectivity index (χ0v) is 12.8. The Kier molecular flexibility index (Phi) is 3.78. The van der Waals surface area contributed by atoms with E-state index in [1.54, 1.807) is 6.92 Å². The Balaban J connectivity index is 2.27. The minimum absolute atomic E-state index is 0.0483. The smallest absolute Gasteiger partial charge is 0.416 e. The molecule has 24 heavy (non-hydrogen) atoms. The van der Waals surface area contributed by atoms with Crippen LogP contribution in [-0.4, -0.2) is 27.8 Å². The van der Waals surface area contributed by atoms with E-state index >= 15 is 0 Å². The van der Waals surface area contributed by atoms with E-state index < -0.39 is 23.8 Å². The maximum absolute atomic E-state index is 13.4. The van der Waals surface area contributed by atoms with Gasteiger partial charge in [0.1, 0.15) is 12.4 Å². The molecule has 1 aromatic carbocycles. The Bertz CT molecular complexity index is 826. The molecule has 6 nitrogen and oxygen atoms in total. The van der Waals surface area contributed by atoms with E-state index in [2.05, 4.69) is 15.4 Å². The van der Waals surface area contributed by atoms with Gasteiger partial charge < -0.3 is 10.1 Å². The molecule has 0 aliphatic carbocycles. The third-order valence-electron chi connectivity index (χ3n) is 3.76. The minimum Gasteiger partial charge on any atom is -0.466 e. The zero-order valence-electron chi connectivity index (χ0n) is 12.8. The highest BCUT2D eigenvalue weighted by Gasteiger charge is 2.40. The van der Waals surface area contributed by atoms with E-state index in [-0.39, 0.29) is 17.1 Å². The highest BCUT2D eigenvalue weighted by Crippen LogP contribution is 2.41. The number of fused-ring (bicyclic) bond motifs is 1. The number of nitrogens with one attached hydrogen (secondary N) is 1. The molecule has 3 rings (SSSR count). The van der Waals surface area contributed by atoms with Crippen LogP contribution in [0.15, 0.2) is 41.9 Å². The number of hydrogen-bond donors (Lipinski definition) is 1. The normalized spacial score (nSPS) is 17.3. The van der Waals surface area contributed by atoms with Crippen LogP contribution in [0.3, 0.4) is 0 Å². The fraction of sp³-hybridized carbons (Fsp3) is 0.267. The van der Waals surface area contributed by atoms with Gasteiger partial charge in [-0.25, -0.2) is 9.48 Å². The summed E-state index contributed by atoms with van der Waals surface area (Å²) in [5, 5.41) is 6.82. The van der Waals surface area contributed by atoms with Gasteiger partial charge >= 0.3 is 12.1 Å². The number of alkyl halides is 3. The Labute approximate surface area is 134 Å². The minimum atomic E-state index is -4.57. The number of rotatable bonds is 2. The number of carbonyl (C=O) groups excluding carboxylic acids is 1. The zero-order chi connectivity index (χ0) is 17.5. The standard InChI is InChI=1S/C15H13F3N4O2/c1-8-11(13(23)24-2)12(22-14(21-8)19-7-20-22)9-5-3-4-6-10(9)15(16,17)18/h3-7,12H,1-2H3,(H,19,20,21)/t12-/m0/s1. The molecule has 1 aromatic heterocycles. The average Bonchev–Trinajstić information content (AvgIpc) is 2.99. The molecule has 0 radical (unpaired) electrons. The molecule has 9 heteroatoms. The SMILES string of the molecule is COC(=O)C1=C(C)Nc2ncnn2[C@H]1c1ccccc1C(F)(F)F. The number of benzene rings is 1. The van der Waals surface area contributed by atoms with Crippen LogP contribution in [0.5, 0.6) is 0 Å². The second-order valence-corrected chi connectivity index (χ2v) is 5.17. The lowest BCUT2D eigenvalue weighted by molar-refractivity contribution is -0.140. The van der Waals surface area contributed by atoms with Crippen LogP contribution in [0.25, 0.3) is 0 Å².